The molecule has 1 spiro atoms. The van der Waals surface area contributed by atoms with E-state index in [1.807, 2.05) is 24.0 Å². The number of benzene rings is 1. The summed E-state index contributed by atoms with van der Waals surface area (Å²) in [6.07, 6.45) is 8.30. The average Bonchev–Trinajstić information content (AvgIpc) is 3.70. The minimum Gasteiger partial charge on any atom is -0.374 e. The van der Waals surface area contributed by atoms with Gasteiger partial charge in [0, 0.05) is 36.7 Å². The molecule has 2 saturated carbocycles. The molecule has 0 aromatic heterocycles. The Morgan fingerprint density at radius 1 is 1.20 bits per heavy atom. The molecule has 2 amide bonds. The molecule has 6 aliphatic rings. The highest BCUT2D eigenvalue weighted by atomic mass is 19.1. The number of nitrogens with zero attached hydrogens (tertiary/aromatic N) is 3. The maximum absolute atomic E-state index is 15.5. The van der Waals surface area contributed by atoms with Gasteiger partial charge in [0.1, 0.15) is 17.2 Å². The SMILES string of the molecule is CC1(C(=O)N2CC(CN3C(=O)C4(CC4)N=C3c3ccc(C4=CC=C5NCNC5C4)cc3F)C2)CC1. The van der Waals surface area contributed by atoms with Gasteiger partial charge in [-0.1, -0.05) is 19.1 Å². The molecular formula is C27H30FN5O2. The van der Waals surface area contributed by atoms with Gasteiger partial charge in [-0.2, -0.15) is 0 Å². The molecule has 35 heavy (non-hydrogen) atoms. The van der Waals surface area contributed by atoms with Crippen LogP contribution in [0.2, 0.25) is 0 Å². The van der Waals surface area contributed by atoms with Crippen LogP contribution < -0.4 is 10.6 Å². The molecule has 7 rings (SSSR count). The van der Waals surface area contributed by atoms with Gasteiger partial charge >= 0.3 is 0 Å². The number of nitrogens with one attached hydrogen (secondary N) is 2. The Kier molecular flexibility index (Phi) is 4.42. The Morgan fingerprint density at radius 3 is 2.71 bits per heavy atom. The quantitative estimate of drug-likeness (QED) is 0.686. The van der Waals surface area contributed by atoms with E-state index >= 15 is 4.39 Å². The van der Waals surface area contributed by atoms with Crippen molar-refractivity contribution >= 4 is 23.2 Å². The fraction of sp³-hybridized carbons (Fsp3) is 0.519. The molecule has 3 heterocycles. The van der Waals surface area contributed by atoms with Crippen molar-refractivity contribution in [2.24, 2.45) is 16.3 Å². The summed E-state index contributed by atoms with van der Waals surface area (Å²) in [5.74, 6) is 0.530. The monoisotopic (exact) mass is 475 g/mol. The smallest absolute Gasteiger partial charge is 0.256 e. The minimum absolute atomic E-state index is 0.0117. The van der Waals surface area contributed by atoms with E-state index in [2.05, 4.69) is 16.7 Å². The number of likely N-dealkylation sites (tertiary alicyclic amines) is 1. The topological polar surface area (TPSA) is 77.0 Å². The van der Waals surface area contributed by atoms with Gasteiger partial charge in [0.05, 0.1) is 18.3 Å². The standard InChI is InChI=1S/C27H30FN5O2/c1-26(6-7-26)24(34)32-12-16(13-32)14-33-23(31-27(8-9-27)25(33)35)19-4-2-17(10-20(19)28)18-3-5-21-22(11-18)30-15-29-21/h2-5,10,16,22,29-30H,6-9,11-15H2,1H3. The van der Waals surface area contributed by atoms with Crippen LogP contribution in [0.25, 0.3) is 5.57 Å². The van der Waals surface area contributed by atoms with E-state index in [1.54, 1.807) is 17.0 Å². The fourth-order valence-electron chi connectivity index (χ4n) is 5.83. The Labute approximate surface area is 204 Å². The second-order valence-electron chi connectivity index (χ2n) is 11.3. The molecule has 0 bridgehead atoms. The average molecular weight is 476 g/mol. The van der Waals surface area contributed by atoms with E-state index in [1.165, 1.54) is 5.70 Å². The van der Waals surface area contributed by atoms with Gasteiger partial charge in [-0.25, -0.2) is 4.39 Å². The zero-order valence-electron chi connectivity index (χ0n) is 19.9. The summed E-state index contributed by atoms with van der Waals surface area (Å²) in [6, 6.07) is 5.53. The Balaban J connectivity index is 1.10. The summed E-state index contributed by atoms with van der Waals surface area (Å²) in [4.78, 5) is 34.2. The normalized spacial score (nSPS) is 27.7. The third-order valence-corrected chi connectivity index (χ3v) is 8.63. The molecule has 7 nitrogen and oxygen atoms in total. The van der Waals surface area contributed by atoms with Crippen LogP contribution in [0.5, 0.6) is 0 Å². The first-order valence-electron chi connectivity index (χ1n) is 12.7. The van der Waals surface area contributed by atoms with Crippen LogP contribution in [0, 0.1) is 17.2 Å². The summed E-state index contributed by atoms with van der Waals surface area (Å²) in [5.41, 5.74) is 2.66. The van der Waals surface area contributed by atoms with Crippen LogP contribution in [0.4, 0.5) is 4.39 Å². The predicted octanol–water partition coefficient (Wildman–Crippen LogP) is 2.40. The van der Waals surface area contributed by atoms with Gasteiger partial charge in [0.15, 0.2) is 0 Å². The Hall–Kier alpha value is -3.00. The molecule has 3 aliphatic heterocycles. The van der Waals surface area contributed by atoms with Crippen LogP contribution in [0.15, 0.2) is 41.0 Å². The third-order valence-electron chi connectivity index (χ3n) is 8.63. The number of halogens is 1. The number of rotatable bonds is 5. The molecule has 8 heteroatoms. The Morgan fingerprint density at radius 2 is 2.00 bits per heavy atom. The lowest BCUT2D eigenvalue weighted by atomic mass is 9.92. The van der Waals surface area contributed by atoms with Crippen LogP contribution in [0.3, 0.4) is 0 Å². The summed E-state index contributed by atoms with van der Waals surface area (Å²) in [6.45, 7) is 4.59. The summed E-state index contributed by atoms with van der Waals surface area (Å²) in [7, 11) is 0. The lowest BCUT2D eigenvalue weighted by Gasteiger charge is -2.42. The zero-order valence-corrected chi connectivity index (χ0v) is 19.9. The van der Waals surface area contributed by atoms with Gasteiger partial charge in [-0.15, -0.1) is 0 Å². The number of hydrogen-bond donors (Lipinski definition) is 2. The molecule has 182 valence electrons. The van der Waals surface area contributed by atoms with Crippen molar-refractivity contribution < 1.29 is 14.0 Å². The van der Waals surface area contributed by atoms with Crippen molar-refractivity contribution in [3.63, 3.8) is 0 Å². The van der Waals surface area contributed by atoms with Crippen LogP contribution in [0.1, 0.15) is 50.2 Å². The van der Waals surface area contributed by atoms with Crippen molar-refractivity contribution in [2.75, 3.05) is 26.3 Å². The lowest BCUT2D eigenvalue weighted by molar-refractivity contribution is -0.143. The van der Waals surface area contributed by atoms with E-state index in [0.717, 1.165) is 49.9 Å². The van der Waals surface area contributed by atoms with Crippen molar-refractivity contribution in [1.82, 2.24) is 20.4 Å². The molecular weight excluding hydrogens is 445 g/mol. The third kappa shape index (κ3) is 3.37. The second-order valence-corrected chi connectivity index (χ2v) is 11.3. The maximum Gasteiger partial charge on any atom is 0.256 e. The first kappa shape index (κ1) is 21.3. The minimum atomic E-state index is -0.685. The van der Waals surface area contributed by atoms with E-state index in [-0.39, 0.29) is 35.0 Å². The fourth-order valence-corrected chi connectivity index (χ4v) is 5.83. The Bertz CT molecular complexity index is 1240. The number of allylic oxidation sites excluding steroid dienone is 2. The maximum atomic E-state index is 15.5. The van der Waals surface area contributed by atoms with Crippen LogP contribution in [-0.4, -0.2) is 65.3 Å². The molecule has 3 aliphatic carbocycles. The number of amides is 2. The largest absolute Gasteiger partial charge is 0.374 e. The van der Waals surface area contributed by atoms with Crippen molar-refractivity contribution in [3.05, 3.63) is 53.0 Å². The van der Waals surface area contributed by atoms with E-state index in [4.69, 9.17) is 4.99 Å². The number of fused-ring (bicyclic) bond motifs is 1. The number of aliphatic imine (C=N–C) groups is 1. The molecule has 1 aromatic carbocycles. The van der Waals surface area contributed by atoms with Gasteiger partial charge in [0.2, 0.25) is 5.91 Å². The van der Waals surface area contributed by atoms with Crippen LogP contribution in [-0.2, 0) is 9.59 Å². The van der Waals surface area contributed by atoms with Crippen molar-refractivity contribution in [2.45, 2.75) is 50.6 Å². The van der Waals surface area contributed by atoms with Gasteiger partial charge in [-0.3, -0.25) is 24.8 Å². The second kappa shape index (κ2) is 7.26. The first-order chi connectivity index (χ1) is 16.9. The molecule has 4 fully saturated rings. The summed E-state index contributed by atoms with van der Waals surface area (Å²) >= 11 is 0. The first-order valence-corrected chi connectivity index (χ1v) is 12.7. The summed E-state index contributed by atoms with van der Waals surface area (Å²) < 4.78 is 15.5. The molecule has 0 radical (unpaired) electrons. The van der Waals surface area contributed by atoms with Gasteiger partial charge in [0.25, 0.3) is 5.91 Å². The van der Waals surface area contributed by atoms with Crippen molar-refractivity contribution in [3.8, 4) is 0 Å². The lowest BCUT2D eigenvalue weighted by Crippen LogP contribution is -2.56. The number of amidine groups is 1. The number of carbonyl (C=O) groups is 2. The molecule has 1 atom stereocenters. The highest BCUT2D eigenvalue weighted by Crippen LogP contribution is 2.48. The molecule has 1 unspecified atom stereocenters. The highest BCUT2D eigenvalue weighted by molar-refractivity contribution is 6.16. The van der Waals surface area contributed by atoms with Gasteiger partial charge in [-0.05, 0) is 61.4 Å². The van der Waals surface area contributed by atoms with E-state index in [0.29, 0.717) is 31.0 Å². The molecule has 2 N–H and O–H groups in total. The summed E-state index contributed by atoms with van der Waals surface area (Å²) in [5, 5.41) is 6.72. The number of carbonyl (C=O) groups excluding carboxylic acids is 2. The molecule has 1 aromatic rings. The predicted molar refractivity (Wildman–Crippen MR) is 130 cm³/mol. The van der Waals surface area contributed by atoms with E-state index in [9.17, 15) is 9.59 Å². The molecule has 2 saturated heterocycles. The van der Waals surface area contributed by atoms with Crippen LogP contribution >= 0.6 is 0 Å². The van der Waals surface area contributed by atoms with Gasteiger partial charge < -0.3 is 10.2 Å². The highest BCUT2D eigenvalue weighted by Gasteiger charge is 2.58. The number of hydrogen-bond acceptors (Lipinski definition) is 5. The van der Waals surface area contributed by atoms with E-state index < -0.39 is 5.54 Å². The zero-order chi connectivity index (χ0) is 23.9. The van der Waals surface area contributed by atoms with Crippen molar-refractivity contribution in [1.29, 1.82) is 0 Å².